The molecule has 1 fully saturated rings. The summed E-state index contributed by atoms with van der Waals surface area (Å²) in [4.78, 5) is 2.62. The molecule has 0 saturated carbocycles. The molecule has 1 aromatic rings. The quantitative estimate of drug-likeness (QED) is 0.913. The molecule has 4 nitrogen and oxygen atoms in total. The summed E-state index contributed by atoms with van der Waals surface area (Å²) in [5, 5.41) is 8.19. The van der Waals surface area contributed by atoms with Gasteiger partial charge >= 0.3 is 0 Å². The normalized spacial score (nSPS) is 24.6. The highest BCUT2D eigenvalue weighted by Crippen LogP contribution is 2.25. The van der Waals surface area contributed by atoms with Crippen LogP contribution < -0.4 is 5.32 Å². The number of hydrogen-bond donors (Lipinski definition) is 1. The second kappa shape index (κ2) is 6.58. The van der Waals surface area contributed by atoms with Crippen LogP contribution in [0.25, 0.3) is 0 Å². The topological polar surface area (TPSA) is 33.1 Å². The van der Waals surface area contributed by atoms with Gasteiger partial charge in [-0.05, 0) is 35.2 Å². The van der Waals surface area contributed by atoms with Crippen LogP contribution >= 0.6 is 15.9 Å². The van der Waals surface area contributed by atoms with Crippen molar-refractivity contribution in [3.63, 3.8) is 0 Å². The molecular weight excluding hydrogens is 316 g/mol. The van der Waals surface area contributed by atoms with Gasteiger partial charge in [0.25, 0.3) is 0 Å². The van der Waals surface area contributed by atoms with Gasteiger partial charge in [-0.2, -0.15) is 5.10 Å². The van der Waals surface area contributed by atoms with Gasteiger partial charge in [-0.3, -0.25) is 9.58 Å². The monoisotopic (exact) mass is 342 g/mol. The van der Waals surface area contributed by atoms with Crippen LogP contribution in [-0.2, 0) is 13.6 Å². The fourth-order valence-corrected chi connectivity index (χ4v) is 3.52. The minimum atomic E-state index is 0.597. The third-order valence-electron chi connectivity index (χ3n) is 4.42. The standard InChI is InChI=1S/C15H27BrN4/c1-6-12-8-20(13(7-17-12)10(2)3)9-14-15(16)11(4)18-19(14)5/h10,12-13,17H,6-9H2,1-5H3. The van der Waals surface area contributed by atoms with E-state index in [2.05, 4.69) is 58.9 Å². The summed E-state index contributed by atoms with van der Waals surface area (Å²) in [6, 6.07) is 1.21. The van der Waals surface area contributed by atoms with Gasteiger partial charge in [-0.25, -0.2) is 0 Å². The second-order valence-corrected chi connectivity index (χ2v) is 7.02. The minimum Gasteiger partial charge on any atom is -0.311 e. The maximum Gasteiger partial charge on any atom is 0.0739 e. The Kier molecular flexibility index (Phi) is 5.26. The van der Waals surface area contributed by atoms with Crippen molar-refractivity contribution in [1.82, 2.24) is 20.0 Å². The third kappa shape index (κ3) is 3.26. The van der Waals surface area contributed by atoms with Crippen molar-refractivity contribution in [1.29, 1.82) is 0 Å². The number of nitrogens with zero attached hydrogens (tertiary/aromatic N) is 3. The van der Waals surface area contributed by atoms with Crippen LogP contribution in [0.2, 0.25) is 0 Å². The van der Waals surface area contributed by atoms with E-state index in [1.807, 2.05) is 11.7 Å². The first kappa shape index (κ1) is 16.0. The molecule has 1 aromatic heterocycles. The van der Waals surface area contributed by atoms with Crippen LogP contribution in [0.1, 0.15) is 38.6 Å². The van der Waals surface area contributed by atoms with Crippen molar-refractivity contribution < 1.29 is 0 Å². The molecule has 1 saturated heterocycles. The Morgan fingerprint density at radius 1 is 1.45 bits per heavy atom. The van der Waals surface area contributed by atoms with Gasteiger partial charge < -0.3 is 5.32 Å². The average molecular weight is 343 g/mol. The maximum atomic E-state index is 4.51. The third-order valence-corrected chi connectivity index (χ3v) is 5.45. The van der Waals surface area contributed by atoms with E-state index >= 15 is 0 Å². The zero-order valence-electron chi connectivity index (χ0n) is 13.3. The Morgan fingerprint density at radius 3 is 2.65 bits per heavy atom. The van der Waals surface area contributed by atoms with Crippen molar-refractivity contribution in [2.45, 2.75) is 52.7 Å². The Labute approximate surface area is 131 Å². The molecule has 0 aliphatic carbocycles. The maximum absolute atomic E-state index is 4.51. The SMILES string of the molecule is CCC1CN(Cc2c(Br)c(C)nn2C)C(C(C)C)CN1. The molecule has 2 heterocycles. The Morgan fingerprint density at radius 2 is 2.15 bits per heavy atom. The lowest BCUT2D eigenvalue weighted by Crippen LogP contribution is -2.57. The number of rotatable bonds is 4. The van der Waals surface area contributed by atoms with E-state index < -0.39 is 0 Å². The molecule has 1 N–H and O–H groups in total. The van der Waals surface area contributed by atoms with E-state index in [0.29, 0.717) is 18.0 Å². The number of hydrogen-bond acceptors (Lipinski definition) is 3. The van der Waals surface area contributed by atoms with Crippen molar-refractivity contribution in [3.05, 3.63) is 15.9 Å². The van der Waals surface area contributed by atoms with E-state index in [0.717, 1.165) is 29.8 Å². The average Bonchev–Trinajstić information content (AvgIpc) is 2.65. The molecule has 2 unspecified atom stereocenters. The number of piperazine rings is 1. The van der Waals surface area contributed by atoms with Crippen LogP contribution in [0.3, 0.4) is 0 Å². The van der Waals surface area contributed by atoms with Crippen LogP contribution in [-0.4, -0.2) is 39.9 Å². The van der Waals surface area contributed by atoms with Gasteiger partial charge in [0.1, 0.15) is 0 Å². The first-order valence-electron chi connectivity index (χ1n) is 7.59. The van der Waals surface area contributed by atoms with Crippen molar-refractivity contribution >= 4 is 15.9 Å². The van der Waals surface area contributed by atoms with Gasteiger partial charge in [0.05, 0.1) is 15.9 Å². The van der Waals surface area contributed by atoms with Crippen LogP contribution in [0.4, 0.5) is 0 Å². The number of halogens is 1. The molecule has 1 aliphatic rings. The predicted molar refractivity (Wildman–Crippen MR) is 86.8 cm³/mol. The first-order valence-corrected chi connectivity index (χ1v) is 8.38. The van der Waals surface area contributed by atoms with Gasteiger partial charge in [0, 0.05) is 38.8 Å². The number of nitrogens with one attached hydrogen (secondary N) is 1. The molecule has 2 atom stereocenters. The lowest BCUT2D eigenvalue weighted by molar-refractivity contribution is 0.0874. The molecule has 20 heavy (non-hydrogen) atoms. The lowest BCUT2D eigenvalue weighted by atomic mass is 9.97. The van der Waals surface area contributed by atoms with E-state index in [4.69, 9.17) is 0 Å². The smallest absolute Gasteiger partial charge is 0.0739 e. The highest BCUT2D eigenvalue weighted by atomic mass is 79.9. The fourth-order valence-electron chi connectivity index (χ4n) is 3.06. The zero-order chi connectivity index (χ0) is 14.9. The molecule has 2 rings (SSSR count). The van der Waals surface area contributed by atoms with Crippen LogP contribution in [0, 0.1) is 12.8 Å². The zero-order valence-corrected chi connectivity index (χ0v) is 14.9. The molecule has 0 spiro atoms. The first-order chi connectivity index (χ1) is 9.43. The molecular formula is C15H27BrN4. The lowest BCUT2D eigenvalue weighted by Gasteiger charge is -2.42. The summed E-state index contributed by atoms with van der Waals surface area (Å²) in [5.41, 5.74) is 2.36. The summed E-state index contributed by atoms with van der Waals surface area (Å²) < 4.78 is 3.17. The highest BCUT2D eigenvalue weighted by molar-refractivity contribution is 9.10. The Balaban J connectivity index is 2.18. The fraction of sp³-hybridized carbons (Fsp3) is 0.800. The van der Waals surface area contributed by atoms with Crippen LogP contribution in [0.15, 0.2) is 4.47 Å². The molecule has 1 aliphatic heterocycles. The summed E-state index contributed by atoms with van der Waals surface area (Å²) in [6.45, 7) is 12.1. The minimum absolute atomic E-state index is 0.597. The van der Waals surface area contributed by atoms with E-state index in [1.165, 1.54) is 12.1 Å². The summed E-state index contributed by atoms with van der Waals surface area (Å²) in [6.07, 6.45) is 1.19. The van der Waals surface area contributed by atoms with Gasteiger partial charge in [0.2, 0.25) is 0 Å². The van der Waals surface area contributed by atoms with E-state index in [-0.39, 0.29) is 0 Å². The Bertz CT molecular complexity index is 455. The van der Waals surface area contributed by atoms with Gasteiger partial charge in [-0.1, -0.05) is 20.8 Å². The van der Waals surface area contributed by atoms with Crippen LogP contribution in [0.5, 0.6) is 0 Å². The van der Waals surface area contributed by atoms with Gasteiger partial charge in [-0.15, -0.1) is 0 Å². The van der Waals surface area contributed by atoms with Crippen molar-refractivity contribution in [2.75, 3.05) is 13.1 Å². The second-order valence-electron chi connectivity index (χ2n) is 6.22. The van der Waals surface area contributed by atoms with E-state index in [1.54, 1.807) is 0 Å². The van der Waals surface area contributed by atoms with Gasteiger partial charge in [0.15, 0.2) is 0 Å². The van der Waals surface area contributed by atoms with Crippen molar-refractivity contribution in [3.8, 4) is 0 Å². The van der Waals surface area contributed by atoms with Crippen molar-refractivity contribution in [2.24, 2.45) is 13.0 Å². The molecule has 0 aromatic carbocycles. The van der Waals surface area contributed by atoms with E-state index in [9.17, 15) is 0 Å². The number of aromatic nitrogens is 2. The highest BCUT2D eigenvalue weighted by Gasteiger charge is 2.30. The molecule has 0 bridgehead atoms. The summed E-state index contributed by atoms with van der Waals surface area (Å²) >= 11 is 3.69. The Hall–Kier alpha value is -0.390. The largest absolute Gasteiger partial charge is 0.311 e. The summed E-state index contributed by atoms with van der Waals surface area (Å²) in [7, 11) is 2.04. The predicted octanol–water partition coefficient (Wildman–Crippen LogP) is 2.70. The molecule has 5 heteroatoms. The molecule has 0 amide bonds. The molecule has 114 valence electrons. The number of aryl methyl sites for hydroxylation is 2. The molecule has 0 radical (unpaired) electrons. The summed E-state index contributed by atoms with van der Waals surface area (Å²) in [5.74, 6) is 0.661.